The minimum Gasteiger partial charge on any atom is -0.481 e. The smallest absolute Gasteiger partial charge is 0.303 e. The topological polar surface area (TPSA) is 182 Å². The molecular formula is C53H99N3O11S4. The van der Waals surface area contributed by atoms with Crippen LogP contribution < -0.4 is 9.80 Å². The van der Waals surface area contributed by atoms with Crippen LogP contribution >= 0.6 is 0 Å². The van der Waals surface area contributed by atoms with E-state index in [-0.39, 0.29) is 77.3 Å². The number of carbonyl (C=O) groups excluding carboxylic acids is 1. The van der Waals surface area contributed by atoms with Gasteiger partial charge in [-0.3, -0.25) is 9.59 Å². The monoisotopic (exact) mass is 1080 g/mol. The first-order valence-corrected chi connectivity index (χ1v) is 29.5. The van der Waals surface area contributed by atoms with Crippen molar-refractivity contribution in [3.8, 4) is 0 Å². The molecule has 0 aromatic heterocycles. The van der Waals surface area contributed by atoms with E-state index in [2.05, 4.69) is 59.6 Å². The summed E-state index contributed by atoms with van der Waals surface area (Å²) in [6.45, 7) is 22.4. The molecule has 2 atom stereocenters. The van der Waals surface area contributed by atoms with Crippen molar-refractivity contribution in [1.82, 2.24) is 4.90 Å². The fourth-order valence-electron chi connectivity index (χ4n) is 6.77. The maximum atomic E-state index is 12.7. The number of amides is 1. The number of carbonyl (C=O) groups is 2. The van der Waals surface area contributed by atoms with Gasteiger partial charge in [-0.25, -0.2) is 0 Å². The van der Waals surface area contributed by atoms with Crippen molar-refractivity contribution in [1.29, 1.82) is 0 Å². The van der Waals surface area contributed by atoms with Gasteiger partial charge in [0.1, 0.15) is 0 Å². The third-order valence-electron chi connectivity index (χ3n) is 11.1. The summed E-state index contributed by atoms with van der Waals surface area (Å²) >= 11 is 10.7. The first-order valence-electron chi connectivity index (χ1n) is 24.4. The molecule has 0 saturated heterocycles. The Morgan fingerprint density at radius 3 is 1.20 bits per heavy atom. The van der Waals surface area contributed by atoms with Crippen LogP contribution in [-0.4, -0.2) is 157 Å². The zero-order chi connectivity index (χ0) is 52.3. The van der Waals surface area contributed by atoms with Crippen LogP contribution in [0.25, 0.3) is 0 Å². The number of nitrogens with zero attached hydrogens (tertiary/aromatic N) is 3. The van der Waals surface area contributed by atoms with Crippen LogP contribution in [0.15, 0.2) is 36.4 Å². The van der Waals surface area contributed by atoms with E-state index < -0.39 is 5.97 Å². The Morgan fingerprint density at radius 2 is 0.901 bits per heavy atom. The van der Waals surface area contributed by atoms with Gasteiger partial charge >= 0.3 is 5.97 Å². The summed E-state index contributed by atoms with van der Waals surface area (Å²) in [6.07, 6.45) is 10.4. The van der Waals surface area contributed by atoms with Crippen molar-refractivity contribution < 1.29 is 54.1 Å². The molecule has 0 saturated carbocycles. The minimum absolute atomic E-state index is 0. The van der Waals surface area contributed by atoms with Crippen molar-refractivity contribution in [2.75, 3.05) is 115 Å². The molecule has 0 radical (unpaired) electrons. The average Bonchev–Trinajstić information content (AvgIpc) is 3.31. The Kier molecular flexibility index (Phi) is 44.3. The Morgan fingerprint density at radius 1 is 0.549 bits per heavy atom. The van der Waals surface area contributed by atoms with Crippen LogP contribution in [0.1, 0.15) is 137 Å². The number of aliphatic carboxylic acids is 1. The Balaban J connectivity index is -0.00000111. The number of aliphatic hydroxyl groups is 4. The van der Waals surface area contributed by atoms with Crippen molar-refractivity contribution in [2.45, 2.75) is 151 Å². The molecule has 0 bridgehead atoms. The second kappa shape index (κ2) is 43.1. The van der Waals surface area contributed by atoms with E-state index >= 15 is 0 Å². The van der Waals surface area contributed by atoms with Crippen LogP contribution in [0.2, 0.25) is 0 Å². The number of carboxylic acid groups (broad SMARTS) is 1. The fraction of sp³-hybridized carbons (Fsp3) is 0.736. The predicted octanol–water partition coefficient (Wildman–Crippen LogP) is 7.98. The molecule has 0 heterocycles. The summed E-state index contributed by atoms with van der Waals surface area (Å²) in [4.78, 5) is 29.5. The summed E-state index contributed by atoms with van der Waals surface area (Å²) < 4.78 is 22.5. The van der Waals surface area contributed by atoms with E-state index in [0.717, 1.165) is 48.6 Å². The molecule has 14 nitrogen and oxygen atoms in total. The van der Waals surface area contributed by atoms with Crippen molar-refractivity contribution in [2.24, 2.45) is 0 Å². The number of rotatable bonds is 36. The zero-order valence-electron chi connectivity index (χ0n) is 43.8. The fourth-order valence-corrected chi connectivity index (χ4v) is 8.04. The van der Waals surface area contributed by atoms with Gasteiger partial charge in [-0.05, 0) is 105 Å². The lowest BCUT2D eigenvalue weighted by Crippen LogP contribution is -2.42. The van der Waals surface area contributed by atoms with E-state index in [1.165, 1.54) is 12.8 Å². The Bertz CT molecular complexity index is 1690. The molecule has 5 N–H and O–H groups in total. The van der Waals surface area contributed by atoms with Gasteiger partial charge < -0.3 is 59.2 Å². The van der Waals surface area contributed by atoms with Gasteiger partial charge in [0.15, 0.2) is 0 Å². The maximum Gasteiger partial charge on any atom is 0.303 e. The molecule has 2 aromatic carbocycles. The van der Waals surface area contributed by atoms with E-state index in [1.807, 2.05) is 42.5 Å². The molecule has 2 unspecified atom stereocenters. The number of ether oxygens (including phenoxy) is 4. The number of hydrogen-bond acceptors (Lipinski definition) is 14. The van der Waals surface area contributed by atoms with Crippen LogP contribution in [-0.2, 0) is 96.2 Å². The van der Waals surface area contributed by atoms with Crippen molar-refractivity contribution in [3.05, 3.63) is 58.7 Å². The van der Waals surface area contributed by atoms with Gasteiger partial charge in [-0.2, -0.15) is 0 Å². The summed E-state index contributed by atoms with van der Waals surface area (Å²) in [5, 5.41) is 46.9. The molecule has 0 spiro atoms. The third-order valence-corrected chi connectivity index (χ3v) is 17.2. The molecule has 0 aliphatic heterocycles. The molecule has 18 heteroatoms. The van der Waals surface area contributed by atoms with Gasteiger partial charge in [-0.15, -0.1) is 18.9 Å². The van der Waals surface area contributed by atoms with E-state index in [0.29, 0.717) is 108 Å². The molecule has 0 fully saturated rings. The van der Waals surface area contributed by atoms with Crippen LogP contribution in [0.5, 0.6) is 0 Å². The number of hydrogen-bond donors (Lipinski definition) is 5. The van der Waals surface area contributed by atoms with Crippen LogP contribution in [0.3, 0.4) is 0 Å². The predicted molar refractivity (Wildman–Crippen MR) is 306 cm³/mol. The second-order valence-corrected chi connectivity index (χ2v) is 25.1. The van der Waals surface area contributed by atoms with Crippen LogP contribution in [0, 0.1) is 0 Å². The number of aliphatic hydroxyl groups excluding tert-OH is 4. The van der Waals surface area contributed by atoms with Crippen LogP contribution in [0.4, 0.5) is 11.4 Å². The molecule has 2 aromatic rings. The summed E-state index contributed by atoms with van der Waals surface area (Å²) in [5.74, 6) is -0.715. The molecule has 2 rings (SSSR count). The van der Waals surface area contributed by atoms with Crippen molar-refractivity contribution in [3.63, 3.8) is 0 Å². The van der Waals surface area contributed by atoms with Gasteiger partial charge in [0.05, 0.1) is 66.1 Å². The molecule has 416 valence electrons. The first-order chi connectivity index (χ1) is 32.7. The van der Waals surface area contributed by atoms with Gasteiger partial charge in [0.2, 0.25) is 5.91 Å². The van der Waals surface area contributed by atoms with E-state index in [9.17, 15) is 30.0 Å². The number of carboxylic acids is 1. The second-order valence-electron chi connectivity index (χ2n) is 18.1. The molecular weight excluding hydrogens is 983 g/mol. The normalized spacial score (nSPS) is 12.0. The number of anilines is 2. The highest BCUT2D eigenvalue weighted by Crippen LogP contribution is 2.23. The van der Waals surface area contributed by atoms with Gasteiger partial charge in [0, 0.05) is 86.7 Å². The maximum absolute atomic E-state index is 12.7. The zero-order valence-corrected chi connectivity index (χ0v) is 47.1. The van der Waals surface area contributed by atoms with E-state index in [1.54, 1.807) is 17.0 Å². The van der Waals surface area contributed by atoms with Gasteiger partial charge in [0.25, 0.3) is 0 Å². The molecule has 0 aliphatic carbocycles. The highest BCUT2D eigenvalue weighted by Gasteiger charge is 2.24. The summed E-state index contributed by atoms with van der Waals surface area (Å²) in [5.41, 5.74) is 4.67. The third kappa shape index (κ3) is 34.1. The lowest BCUT2D eigenvalue weighted by Gasteiger charge is -2.31. The highest BCUT2D eigenvalue weighted by atomic mass is 32.8. The highest BCUT2D eigenvalue weighted by molar-refractivity contribution is 8.29. The molecule has 71 heavy (non-hydrogen) atoms. The molecule has 0 aliphatic rings. The quantitative estimate of drug-likeness (QED) is 0.0414. The van der Waals surface area contributed by atoms with E-state index in [4.69, 9.17) is 46.4 Å². The summed E-state index contributed by atoms with van der Waals surface area (Å²) in [6, 6.07) is 11.1. The molecule has 1 amide bonds. The van der Waals surface area contributed by atoms with Crippen molar-refractivity contribution >= 4 is 64.5 Å². The number of benzene rings is 2. The average molecular weight is 1080 g/mol. The van der Waals surface area contributed by atoms with Gasteiger partial charge in [-0.1, -0.05) is 90.4 Å². The lowest BCUT2D eigenvalue weighted by atomic mass is 10.1. The minimum atomic E-state index is -0.825. The standard InChI is InChI=1S/C25H44N2O5S2.C19H31NO6.C7H16S2.2CH4/c1-6-11-31-13-14-32-12-10-27(23-16-21(18-28)15-22(17-23)19-29)9-7-8-24(30)26(4)20-25(2,3)34(5)33;1-2-7-25-9-10-26-8-6-20(5-3-4-19(23)24)18-12-16(14-21)11-17(13-18)15-22;1-5-6-7(2,3)9(4)8;;/h15-17,28-29H,6-14,18-20H2,1-5H3;11-13,21-22H,2-10,14-15H2,1H3,(H,23,24);5-6H2,1-4H3;2*1H4. The Hall–Kier alpha value is -2.20. The lowest BCUT2D eigenvalue weighted by molar-refractivity contribution is -0.137. The Labute approximate surface area is 445 Å². The summed E-state index contributed by atoms with van der Waals surface area (Å²) in [7, 11) is 1.80. The first kappa shape index (κ1) is 73.0. The SMILES string of the molecule is C.C.CCCC(C)(C)S(C)=S.CCCOCCOCCN(CCCC(=O)N(C)CC(C)(C)S(C)=S)c1cc(CO)cc(CO)c1.CCCOCCOCCN(CCCC(=O)O)c1cc(CO)cc(CO)c1. The largest absolute Gasteiger partial charge is 0.481 e.